The number of allylic oxidation sites excluding steroid dienone is 4. The molecule has 0 bridgehead atoms. The average molecular weight is 986 g/mol. The van der Waals surface area contributed by atoms with E-state index in [1.807, 2.05) is 0 Å². The number of carbonyl (C=O) groups excluding carboxylic acids is 3. The molecule has 0 aliphatic carbocycles. The summed E-state index contributed by atoms with van der Waals surface area (Å²) < 4.78 is 16.8. The molecule has 70 heavy (non-hydrogen) atoms. The highest BCUT2D eigenvalue weighted by molar-refractivity contribution is 5.71. The molecule has 0 saturated heterocycles. The fourth-order valence-electron chi connectivity index (χ4n) is 9.48. The predicted molar refractivity (Wildman–Crippen MR) is 303 cm³/mol. The number of esters is 3. The van der Waals surface area contributed by atoms with Crippen molar-refractivity contribution in [3.63, 3.8) is 0 Å². The summed E-state index contributed by atoms with van der Waals surface area (Å²) in [7, 11) is 0. The third-order valence-electron chi connectivity index (χ3n) is 14.2. The van der Waals surface area contributed by atoms with Crippen molar-refractivity contribution in [2.24, 2.45) is 0 Å². The minimum atomic E-state index is -0.767. The molecule has 0 amide bonds. The van der Waals surface area contributed by atoms with E-state index in [1.165, 1.54) is 238 Å². The molecule has 0 aromatic carbocycles. The third-order valence-corrected chi connectivity index (χ3v) is 14.2. The molecule has 0 fully saturated rings. The first-order valence-electron chi connectivity index (χ1n) is 31.3. The molecule has 0 saturated carbocycles. The topological polar surface area (TPSA) is 78.9 Å². The van der Waals surface area contributed by atoms with E-state index >= 15 is 0 Å². The summed E-state index contributed by atoms with van der Waals surface area (Å²) in [4.78, 5) is 37.9. The van der Waals surface area contributed by atoms with E-state index in [2.05, 4.69) is 45.1 Å². The van der Waals surface area contributed by atoms with Crippen molar-refractivity contribution in [3.05, 3.63) is 24.3 Å². The molecule has 0 aromatic heterocycles. The van der Waals surface area contributed by atoms with Gasteiger partial charge in [0.25, 0.3) is 0 Å². The van der Waals surface area contributed by atoms with Gasteiger partial charge in [-0.15, -0.1) is 0 Å². The molecule has 0 aliphatic rings. The molecule has 1 atom stereocenters. The molecule has 0 aromatic rings. The zero-order valence-corrected chi connectivity index (χ0v) is 47.3. The molecule has 6 heteroatoms. The Morgan fingerprint density at radius 1 is 0.286 bits per heavy atom. The smallest absolute Gasteiger partial charge is 0.306 e. The van der Waals surface area contributed by atoms with Crippen LogP contribution in [0.2, 0.25) is 0 Å². The molecule has 0 aliphatic heterocycles. The molecule has 0 N–H and O–H groups in total. The standard InChI is InChI=1S/C64H120O6/c1-4-7-10-13-15-17-19-21-23-25-27-29-30-31-32-33-35-36-38-40-42-44-46-48-51-54-57-63(66)69-60-61(59-68-62(65)56-53-50-12-9-6-3)70-64(67)58-55-52-49-47-45-43-41-39-37-34-28-26-24-22-20-18-16-14-11-8-5-2/h20,22,26,28,61H,4-19,21,23-25,27,29-60H2,1-3H3/b22-20-,28-26-. The second-order valence-corrected chi connectivity index (χ2v) is 21.3. The zero-order chi connectivity index (χ0) is 50.7. The quantitative estimate of drug-likeness (QED) is 0.0261. The highest BCUT2D eigenvalue weighted by atomic mass is 16.6. The van der Waals surface area contributed by atoms with Gasteiger partial charge in [-0.1, -0.05) is 302 Å². The van der Waals surface area contributed by atoms with Gasteiger partial charge in [-0.2, -0.15) is 0 Å². The van der Waals surface area contributed by atoms with Crippen LogP contribution < -0.4 is 0 Å². The number of ether oxygens (including phenoxy) is 3. The number of hydrogen-bond donors (Lipinski definition) is 0. The second kappa shape index (κ2) is 59.5. The van der Waals surface area contributed by atoms with Gasteiger partial charge in [0.15, 0.2) is 6.10 Å². The summed E-state index contributed by atoms with van der Waals surface area (Å²) in [6, 6.07) is 0. The first-order valence-corrected chi connectivity index (χ1v) is 31.3. The molecule has 0 spiro atoms. The van der Waals surface area contributed by atoms with E-state index in [9.17, 15) is 14.4 Å². The largest absolute Gasteiger partial charge is 0.462 e. The molecular weight excluding hydrogens is 865 g/mol. The van der Waals surface area contributed by atoms with Crippen LogP contribution in [0.4, 0.5) is 0 Å². The first kappa shape index (κ1) is 67.9. The summed E-state index contributed by atoms with van der Waals surface area (Å²) in [6.45, 7) is 6.60. The summed E-state index contributed by atoms with van der Waals surface area (Å²) in [6.07, 6.45) is 71.0. The van der Waals surface area contributed by atoms with E-state index in [0.717, 1.165) is 70.6 Å². The normalized spacial score (nSPS) is 12.1. The Balaban J connectivity index is 3.99. The van der Waals surface area contributed by atoms with Crippen molar-refractivity contribution >= 4 is 17.9 Å². The van der Waals surface area contributed by atoms with E-state index in [1.54, 1.807) is 0 Å². The predicted octanol–water partition coefficient (Wildman–Crippen LogP) is 21.1. The molecule has 0 rings (SSSR count). The highest BCUT2D eigenvalue weighted by Gasteiger charge is 2.19. The fraction of sp³-hybridized carbons (Fsp3) is 0.891. The molecule has 0 radical (unpaired) electrons. The number of rotatable bonds is 58. The van der Waals surface area contributed by atoms with Crippen molar-refractivity contribution in [1.29, 1.82) is 0 Å². The maximum Gasteiger partial charge on any atom is 0.306 e. The molecule has 412 valence electrons. The lowest BCUT2D eigenvalue weighted by Crippen LogP contribution is -2.30. The Labute approximate surface area is 436 Å². The van der Waals surface area contributed by atoms with Gasteiger partial charge in [-0.3, -0.25) is 14.4 Å². The van der Waals surface area contributed by atoms with Crippen molar-refractivity contribution in [2.75, 3.05) is 13.2 Å². The lowest BCUT2D eigenvalue weighted by molar-refractivity contribution is -0.167. The summed E-state index contributed by atoms with van der Waals surface area (Å²) in [5, 5.41) is 0. The summed E-state index contributed by atoms with van der Waals surface area (Å²) in [5.41, 5.74) is 0. The summed E-state index contributed by atoms with van der Waals surface area (Å²) in [5.74, 6) is -0.866. The van der Waals surface area contributed by atoms with Crippen LogP contribution in [0.3, 0.4) is 0 Å². The van der Waals surface area contributed by atoms with Crippen molar-refractivity contribution in [1.82, 2.24) is 0 Å². The second-order valence-electron chi connectivity index (χ2n) is 21.3. The minimum absolute atomic E-state index is 0.0687. The van der Waals surface area contributed by atoms with E-state index in [4.69, 9.17) is 14.2 Å². The monoisotopic (exact) mass is 985 g/mol. The van der Waals surface area contributed by atoms with E-state index < -0.39 is 6.10 Å². The SMILES string of the molecule is CCCCCCC/C=C\C/C=C\CCCCCCCCCCCC(=O)OC(COC(=O)CCCCCCC)COC(=O)CCCCCCCCCCCCCCCCCCCCCCCCCCCC. The maximum atomic E-state index is 12.8. The Morgan fingerprint density at radius 3 is 0.786 bits per heavy atom. The Kier molecular flexibility index (Phi) is 57.7. The number of hydrogen-bond acceptors (Lipinski definition) is 6. The van der Waals surface area contributed by atoms with Gasteiger partial charge in [-0.05, 0) is 51.4 Å². The van der Waals surface area contributed by atoms with Crippen LogP contribution in [0.1, 0.15) is 348 Å². The lowest BCUT2D eigenvalue weighted by atomic mass is 10.0. The minimum Gasteiger partial charge on any atom is -0.462 e. The molecule has 6 nitrogen and oxygen atoms in total. The Bertz CT molecular complexity index is 1130. The van der Waals surface area contributed by atoms with Crippen molar-refractivity contribution < 1.29 is 28.6 Å². The van der Waals surface area contributed by atoms with Crippen LogP contribution >= 0.6 is 0 Å². The zero-order valence-electron chi connectivity index (χ0n) is 47.3. The van der Waals surface area contributed by atoms with Crippen LogP contribution in [0.25, 0.3) is 0 Å². The van der Waals surface area contributed by atoms with Gasteiger partial charge in [-0.25, -0.2) is 0 Å². The van der Waals surface area contributed by atoms with Gasteiger partial charge in [0, 0.05) is 19.3 Å². The Hall–Kier alpha value is -2.11. The third kappa shape index (κ3) is 56.8. The Morgan fingerprint density at radius 2 is 0.514 bits per heavy atom. The van der Waals surface area contributed by atoms with Crippen LogP contribution in [-0.2, 0) is 28.6 Å². The van der Waals surface area contributed by atoms with Crippen molar-refractivity contribution in [3.8, 4) is 0 Å². The fourth-order valence-corrected chi connectivity index (χ4v) is 9.48. The number of unbranched alkanes of at least 4 members (excludes halogenated alkanes) is 43. The van der Waals surface area contributed by atoms with E-state index in [-0.39, 0.29) is 31.1 Å². The van der Waals surface area contributed by atoms with Gasteiger partial charge in [0.05, 0.1) is 0 Å². The summed E-state index contributed by atoms with van der Waals surface area (Å²) >= 11 is 0. The highest BCUT2D eigenvalue weighted by Crippen LogP contribution is 2.18. The van der Waals surface area contributed by atoms with Gasteiger partial charge in [0.2, 0.25) is 0 Å². The van der Waals surface area contributed by atoms with Gasteiger partial charge in [0.1, 0.15) is 13.2 Å². The van der Waals surface area contributed by atoms with Crippen LogP contribution in [0, 0.1) is 0 Å². The van der Waals surface area contributed by atoms with Gasteiger partial charge >= 0.3 is 17.9 Å². The van der Waals surface area contributed by atoms with Crippen LogP contribution in [-0.4, -0.2) is 37.2 Å². The van der Waals surface area contributed by atoms with E-state index in [0.29, 0.717) is 19.3 Å². The molecule has 0 heterocycles. The van der Waals surface area contributed by atoms with Crippen LogP contribution in [0.15, 0.2) is 24.3 Å². The molecule has 1 unspecified atom stereocenters. The number of carbonyl (C=O) groups is 3. The first-order chi connectivity index (χ1) is 34.5. The molecular formula is C64H120O6. The maximum absolute atomic E-state index is 12.8. The lowest BCUT2D eigenvalue weighted by Gasteiger charge is -2.18. The average Bonchev–Trinajstić information content (AvgIpc) is 3.36. The van der Waals surface area contributed by atoms with Crippen molar-refractivity contribution in [2.45, 2.75) is 354 Å². The van der Waals surface area contributed by atoms with Gasteiger partial charge < -0.3 is 14.2 Å². The van der Waals surface area contributed by atoms with Crippen LogP contribution in [0.5, 0.6) is 0 Å².